The van der Waals surface area contributed by atoms with Crippen LogP contribution in [0, 0.1) is 11.8 Å². The van der Waals surface area contributed by atoms with Gasteiger partial charge in [0.2, 0.25) is 5.91 Å². The molecule has 2 aromatic rings. The fraction of sp³-hybridized carbons (Fsp3) is 0.429. The molecule has 9 nitrogen and oxygen atoms in total. The summed E-state index contributed by atoms with van der Waals surface area (Å²) in [7, 11) is 0. The maximum absolute atomic E-state index is 13.5. The van der Waals surface area contributed by atoms with Crippen LogP contribution in [0.3, 0.4) is 0 Å². The summed E-state index contributed by atoms with van der Waals surface area (Å²) in [6.07, 6.45) is 12.1. The lowest BCUT2D eigenvalue weighted by atomic mass is 9.90. The van der Waals surface area contributed by atoms with Crippen LogP contribution in [0.1, 0.15) is 38.2 Å². The first-order valence-corrected chi connectivity index (χ1v) is 15.6. The van der Waals surface area contributed by atoms with Gasteiger partial charge in [-0.2, -0.15) is 5.06 Å². The Labute approximate surface area is 258 Å². The lowest BCUT2D eigenvalue weighted by Gasteiger charge is -2.24. The number of hydroxylamine groups is 2. The highest BCUT2D eigenvalue weighted by Gasteiger charge is 2.48. The fourth-order valence-corrected chi connectivity index (χ4v) is 6.33. The molecular weight excluding hydrogens is 558 g/mol. The zero-order valence-electron chi connectivity index (χ0n) is 25.0. The summed E-state index contributed by atoms with van der Waals surface area (Å²) in [4.78, 5) is 24.1. The van der Waals surface area contributed by atoms with E-state index in [1.807, 2.05) is 73.0 Å². The van der Waals surface area contributed by atoms with Gasteiger partial charge in [0.15, 0.2) is 6.29 Å². The highest BCUT2D eigenvalue weighted by molar-refractivity contribution is 6.03. The van der Waals surface area contributed by atoms with Crippen LogP contribution in [-0.4, -0.2) is 71.2 Å². The number of benzene rings is 2. The van der Waals surface area contributed by atoms with Crippen molar-refractivity contribution in [1.29, 1.82) is 0 Å². The second-order valence-corrected chi connectivity index (χ2v) is 11.8. The highest BCUT2D eigenvalue weighted by Crippen LogP contribution is 2.33. The number of carbonyl (C=O) groups excluding carboxylic acids is 1. The first kappa shape index (κ1) is 30.4. The van der Waals surface area contributed by atoms with E-state index in [0.29, 0.717) is 19.5 Å². The summed E-state index contributed by atoms with van der Waals surface area (Å²) in [6, 6.07) is 15.3. The Morgan fingerprint density at radius 2 is 1.89 bits per heavy atom. The summed E-state index contributed by atoms with van der Waals surface area (Å²) in [6.45, 7) is 2.85. The van der Waals surface area contributed by atoms with Crippen molar-refractivity contribution in [2.45, 2.75) is 63.7 Å². The number of allylic oxidation sites excluding steroid dienone is 4. The smallest absolute Gasteiger partial charge is 0.240 e. The van der Waals surface area contributed by atoms with Gasteiger partial charge in [-0.15, -0.1) is 0 Å². The molecule has 4 aliphatic rings. The van der Waals surface area contributed by atoms with E-state index in [-0.39, 0.29) is 24.7 Å². The fourth-order valence-electron chi connectivity index (χ4n) is 6.33. The summed E-state index contributed by atoms with van der Waals surface area (Å²) in [5.41, 5.74) is 5.24. The average Bonchev–Trinajstić information content (AvgIpc) is 3.64. The van der Waals surface area contributed by atoms with Gasteiger partial charge in [0.25, 0.3) is 0 Å². The van der Waals surface area contributed by atoms with Crippen LogP contribution in [0.4, 0.5) is 0 Å². The number of hydrogen-bond acceptors (Lipinski definition) is 8. The molecule has 6 rings (SSSR count). The number of nitrogens with zero attached hydrogens (tertiary/aromatic N) is 2. The standard InChI is InChI=1S/C35H41N3O6/c1-23(40)34-30(22-39)33(35(41)36-18-17-27-20-37-31-7-3-2-6-29(27)31)38(44-34)21-24-9-11-25(12-10-24)26-13-15-28(16-14-26)43-32-8-4-5-19-42-32/h2-3,6-7,9-16,20,23,29-30,32-34,39-40H,4-5,8,17-19,21-22H2,1H3,(H,36,41)/t23-,29?,30-,32?,33-,34-/m1/s1. The van der Waals surface area contributed by atoms with Crippen molar-refractivity contribution < 1.29 is 29.3 Å². The minimum atomic E-state index is -0.850. The molecule has 0 spiro atoms. The van der Waals surface area contributed by atoms with Crippen molar-refractivity contribution in [1.82, 2.24) is 10.4 Å². The van der Waals surface area contributed by atoms with E-state index in [1.54, 1.807) is 12.0 Å². The summed E-state index contributed by atoms with van der Waals surface area (Å²) >= 11 is 0. The van der Waals surface area contributed by atoms with Crippen molar-refractivity contribution in [3.05, 3.63) is 90.2 Å². The van der Waals surface area contributed by atoms with Crippen molar-refractivity contribution in [3.8, 4) is 16.9 Å². The second-order valence-electron chi connectivity index (χ2n) is 11.8. The molecule has 3 heterocycles. The second kappa shape index (κ2) is 14.0. The molecule has 0 bridgehead atoms. The van der Waals surface area contributed by atoms with Gasteiger partial charge in [0.1, 0.15) is 17.9 Å². The lowest BCUT2D eigenvalue weighted by molar-refractivity contribution is -0.192. The van der Waals surface area contributed by atoms with Crippen LogP contribution in [0.25, 0.3) is 11.1 Å². The molecule has 6 atom stereocenters. The number of amides is 1. The number of carbonyl (C=O) groups is 1. The molecule has 9 heteroatoms. The first-order chi connectivity index (χ1) is 21.5. The van der Waals surface area contributed by atoms with E-state index in [9.17, 15) is 15.0 Å². The van der Waals surface area contributed by atoms with Gasteiger partial charge >= 0.3 is 0 Å². The molecule has 0 radical (unpaired) electrons. The predicted octanol–water partition coefficient (Wildman–Crippen LogP) is 4.32. The summed E-state index contributed by atoms with van der Waals surface area (Å²) in [5.74, 6) is 0.156. The Bertz CT molecular complexity index is 1410. The van der Waals surface area contributed by atoms with Gasteiger partial charge < -0.3 is 25.0 Å². The van der Waals surface area contributed by atoms with Crippen LogP contribution < -0.4 is 10.1 Å². The van der Waals surface area contributed by atoms with E-state index >= 15 is 0 Å². The number of aliphatic hydroxyl groups is 2. The zero-order chi connectivity index (χ0) is 30.5. The van der Waals surface area contributed by atoms with Crippen LogP contribution in [0.15, 0.2) is 89.6 Å². The quantitative estimate of drug-likeness (QED) is 0.353. The zero-order valence-corrected chi connectivity index (χ0v) is 25.0. The van der Waals surface area contributed by atoms with Crippen molar-refractivity contribution in [2.24, 2.45) is 16.8 Å². The summed E-state index contributed by atoms with van der Waals surface area (Å²) < 4.78 is 11.6. The van der Waals surface area contributed by atoms with Crippen LogP contribution in [0.5, 0.6) is 5.75 Å². The Morgan fingerprint density at radius 1 is 1.11 bits per heavy atom. The predicted molar refractivity (Wildman–Crippen MR) is 167 cm³/mol. The molecule has 3 N–H and O–H groups in total. The van der Waals surface area contributed by atoms with Crippen molar-refractivity contribution in [3.63, 3.8) is 0 Å². The Hall–Kier alpha value is -3.60. The van der Waals surface area contributed by atoms with E-state index in [0.717, 1.165) is 59.6 Å². The number of rotatable bonds is 11. The minimum Gasteiger partial charge on any atom is -0.465 e. The molecule has 1 aliphatic carbocycles. The monoisotopic (exact) mass is 599 g/mol. The molecule has 2 saturated heterocycles. The SMILES string of the molecule is C[C@@H](O)[C@H]1ON(Cc2ccc(-c3ccc(OC4CCCCO4)cc3)cc2)[C@@H](C(=O)NCCC2=CN=C3C=CC=CC23)[C@H]1CO. The van der Waals surface area contributed by atoms with Gasteiger partial charge in [-0.05, 0) is 66.7 Å². The third-order valence-electron chi connectivity index (χ3n) is 8.73. The summed E-state index contributed by atoms with van der Waals surface area (Å²) in [5, 5.41) is 25.3. The number of nitrogens with one attached hydrogen (secondary N) is 1. The number of aliphatic hydroxyl groups excluding tert-OH is 2. The largest absolute Gasteiger partial charge is 0.465 e. The van der Waals surface area contributed by atoms with E-state index in [2.05, 4.69) is 16.4 Å². The van der Waals surface area contributed by atoms with Crippen LogP contribution in [-0.2, 0) is 20.9 Å². The molecule has 2 unspecified atom stereocenters. The van der Waals surface area contributed by atoms with Gasteiger partial charge in [-0.1, -0.05) is 54.6 Å². The average molecular weight is 600 g/mol. The molecule has 0 saturated carbocycles. The maximum Gasteiger partial charge on any atom is 0.240 e. The van der Waals surface area contributed by atoms with Gasteiger partial charge in [-0.3, -0.25) is 14.6 Å². The van der Waals surface area contributed by atoms with E-state index in [1.165, 1.54) is 0 Å². The maximum atomic E-state index is 13.5. The third kappa shape index (κ3) is 6.87. The van der Waals surface area contributed by atoms with Gasteiger partial charge in [0, 0.05) is 31.0 Å². The molecule has 0 aromatic heterocycles. The molecule has 2 fully saturated rings. The molecule has 2 aromatic carbocycles. The van der Waals surface area contributed by atoms with Gasteiger partial charge in [0.05, 0.1) is 31.6 Å². The molecule has 3 aliphatic heterocycles. The van der Waals surface area contributed by atoms with Crippen molar-refractivity contribution in [2.75, 3.05) is 19.8 Å². The highest BCUT2D eigenvalue weighted by atomic mass is 16.7. The Balaban J connectivity index is 1.08. The van der Waals surface area contributed by atoms with E-state index < -0.39 is 24.2 Å². The third-order valence-corrected chi connectivity index (χ3v) is 8.73. The molecule has 44 heavy (non-hydrogen) atoms. The molecule has 232 valence electrons. The van der Waals surface area contributed by atoms with Crippen LogP contribution in [0.2, 0.25) is 0 Å². The number of aliphatic imine (C=N–C) groups is 1. The Kier molecular flexibility index (Phi) is 9.69. The van der Waals surface area contributed by atoms with Crippen LogP contribution >= 0.6 is 0 Å². The van der Waals surface area contributed by atoms with E-state index in [4.69, 9.17) is 14.3 Å². The number of ether oxygens (including phenoxy) is 2. The number of hydrogen-bond donors (Lipinski definition) is 3. The normalized spacial score (nSPS) is 27.0. The Morgan fingerprint density at radius 3 is 2.59 bits per heavy atom. The topological polar surface area (TPSA) is 113 Å². The molecule has 1 amide bonds. The lowest BCUT2D eigenvalue weighted by Crippen LogP contribution is -2.47. The first-order valence-electron chi connectivity index (χ1n) is 15.6. The van der Waals surface area contributed by atoms with Gasteiger partial charge in [-0.25, -0.2) is 0 Å². The minimum absolute atomic E-state index is 0.165. The number of fused-ring (bicyclic) bond motifs is 1. The molecular formula is C35H41N3O6. The van der Waals surface area contributed by atoms with Crippen molar-refractivity contribution >= 4 is 11.6 Å².